The number of nitrogens with zero attached hydrogens (tertiary/aromatic N) is 4. The minimum absolute atomic E-state index is 0.581. The summed E-state index contributed by atoms with van der Waals surface area (Å²) in [6.07, 6.45) is 3.68. The molecule has 0 saturated carbocycles. The summed E-state index contributed by atoms with van der Waals surface area (Å²) in [6.45, 7) is 8.69. The predicted octanol–water partition coefficient (Wildman–Crippen LogP) is 16.7. The van der Waals surface area contributed by atoms with E-state index in [0.29, 0.717) is 5.56 Å². The van der Waals surface area contributed by atoms with Gasteiger partial charge in [-0.05, 0) is 178 Å². The summed E-state index contributed by atoms with van der Waals surface area (Å²) in [5, 5.41) is 16.3. The summed E-state index contributed by atoms with van der Waals surface area (Å²) in [5.74, 6) is 0. The monoisotopic (exact) mass is 870 g/mol. The highest BCUT2D eigenvalue weighted by atomic mass is 15.0. The van der Waals surface area contributed by atoms with Gasteiger partial charge in [-0.25, -0.2) is 0 Å². The molecule has 3 aromatic heterocycles. The summed E-state index contributed by atoms with van der Waals surface area (Å²) in [7, 11) is 0. The third-order valence-electron chi connectivity index (χ3n) is 14.1. The van der Waals surface area contributed by atoms with E-state index >= 15 is 0 Å². The summed E-state index contributed by atoms with van der Waals surface area (Å²) in [6, 6.07) is 72.8. The van der Waals surface area contributed by atoms with Crippen molar-refractivity contribution in [2.45, 2.75) is 27.7 Å². The van der Waals surface area contributed by atoms with Crippen LogP contribution >= 0.6 is 0 Å². The molecule has 0 radical (unpaired) electrons. The molecule has 0 bridgehead atoms. The van der Waals surface area contributed by atoms with Gasteiger partial charge in [0.1, 0.15) is 11.6 Å². The Morgan fingerprint density at radius 3 is 0.941 bits per heavy atom. The molecule has 0 amide bonds. The molecule has 0 fully saturated rings. The normalized spacial score (nSPS) is 11.5. The fourth-order valence-electron chi connectivity index (χ4n) is 10.6. The molecule has 0 unspecified atom stereocenters. The lowest BCUT2D eigenvalue weighted by atomic mass is 9.97. The average Bonchev–Trinajstić information content (AvgIpc) is 3.88. The van der Waals surface area contributed by atoms with E-state index in [1.54, 1.807) is 0 Å². The van der Waals surface area contributed by atoms with E-state index in [1.807, 2.05) is 12.4 Å². The molecule has 0 spiro atoms. The van der Waals surface area contributed by atoms with E-state index in [4.69, 9.17) is 0 Å². The van der Waals surface area contributed by atoms with Crippen LogP contribution in [0.15, 0.2) is 207 Å². The van der Waals surface area contributed by atoms with Gasteiger partial charge in [-0.15, -0.1) is 0 Å². The van der Waals surface area contributed by atoms with Gasteiger partial charge in [0.05, 0.1) is 33.4 Å². The number of fused-ring (bicyclic) bond motifs is 6. The Morgan fingerprint density at radius 1 is 0.338 bits per heavy atom. The molecule has 3 heterocycles. The number of hydrogen-bond donors (Lipinski definition) is 0. The first-order chi connectivity index (χ1) is 33.3. The Kier molecular flexibility index (Phi) is 9.74. The van der Waals surface area contributed by atoms with E-state index in [2.05, 4.69) is 242 Å². The third-order valence-corrected chi connectivity index (χ3v) is 14.1. The summed E-state index contributed by atoms with van der Waals surface area (Å²) < 4.78 is 4.64. The second-order valence-corrected chi connectivity index (χ2v) is 18.1. The quantitative estimate of drug-likeness (QED) is 0.160. The molecule has 4 heteroatoms. The highest BCUT2D eigenvalue weighted by Gasteiger charge is 2.24. The first kappa shape index (κ1) is 40.7. The molecule has 9 aromatic carbocycles. The molecule has 0 aliphatic carbocycles. The summed E-state index contributed by atoms with van der Waals surface area (Å²) in [4.78, 5) is 4.41. The molecular formula is C64H46N4. The summed E-state index contributed by atoms with van der Waals surface area (Å²) in [5.41, 5.74) is 22.6. The molecule has 12 aromatic rings. The first-order valence-corrected chi connectivity index (χ1v) is 23.2. The van der Waals surface area contributed by atoms with Crippen LogP contribution in [-0.2, 0) is 0 Å². The van der Waals surface area contributed by atoms with E-state index in [9.17, 15) is 5.26 Å². The number of rotatable bonds is 7. The molecule has 322 valence electrons. The van der Waals surface area contributed by atoms with Crippen LogP contribution in [0.4, 0.5) is 0 Å². The third kappa shape index (κ3) is 6.63. The van der Waals surface area contributed by atoms with Crippen LogP contribution in [0.5, 0.6) is 0 Å². The minimum atomic E-state index is 0.581. The van der Waals surface area contributed by atoms with Gasteiger partial charge in [-0.1, -0.05) is 121 Å². The van der Waals surface area contributed by atoms with Crippen LogP contribution in [0.2, 0.25) is 0 Å². The second-order valence-electron chi connectivity index (χ2n) is 18.1. The Bertz CT molecular complexity index is 3590. The van der Waals surface area contributed by atoms with E-state index < -0.39 is 0 Å². The highest BCUT2D eigenvalue weighted by molar-refractivity contribution is 6.14. The van der Waals surface area contributed by atoms with Gasteiger partial charge < -0.3 is 9.13 Å². The van der Waals surface area contributed by atoms with Crippen LogP contribution < -0.4 is 0 Å². The Morgan fingerprint density at radius 2 is 0.647 bits per heavy atom. The molecule has 4 nitrogen and oxygen atoms in total. The number of benzene rings is 9. The standard InChI is InChI=1S/C64H46N4/c1-40-13-5-9-17-50(40)45-21-25-59-54(33-45)55-34-46(51-18-10-6-14-41(51)2)22-26-60(55)67(59)63-37-49(44-29-31-66-32-30-44)38-64(58(63)39-65)68-61-27-23-47(52-19-11-7-15-42(52)3)35-56(61)57-36-48(24-28-62(57)68)53-20-12-8-16-43(53)4/h5-38H,1-4H3. The predicted molar refractivity (Wildman–Crippen MR) is 284 cm³/mol. The van der Waals surface area contributed by atoms with Crippen molar-refractivity contribution < 1.29 is 0 Å². The van der Waals surface area contributed by atoms with Crippen molar-refractivity contribution in [3.8, 4) is 73.1 Å². The zero-order chi connectivity index (χ0) is 46.0. The molecular weight excluding hydrogens is 825 g/mol. The second kappa shape index (κ2) is 16.3. The Hall–Kier alpha value is -8.78. The minimum Gasteiger partial charge on any atom is -0.308 e. The molecule has 12 rings (SSSR count). The van der Waals surface area contributed by atoms with Gasteiger partial charge in [0, 0.05) is 33.9 Å². The largest absolute Gasteiger partial charge is 0.308 e. The fraction of sp³-hybridized carbons (Fsp3) is 0.0625. The lowest BCUT2D eigenvalue weighted by molar-refractivity contribution is 1.12. The van der Waals surface area contributed by atoms with Crippen molar-refractivity contribution in [2.24, 2.45) is 0 Å². The number of aromatic nitrogens is 3. The van der Waals surface area contributed by atoms with Crippen molar-refractivity contribution in [2.75, 3.05) is 0 Å². The van der Waals surface area contributed by atoms with Crippen LogP contribution in [0.25, 0.3) is 111 Å². The van der Waals surface area contributed by atoms with E-state index in [1.165, 1.54) is 44.5 Å². The SMILES string of the molecule is Cc1ccccc1-c1ccc2c(c1)c1cc(-c3ccccc3C)ccc1n2-c1cc(-c2ccncc2)cc(-n2c3ccc(-c4ccccc4C)cc3c3cc(-c4ccccc4C)ccc32)c1C#N. The molecule has 0 aliphatic rings. The maximum absolute atomic E-state index is 11.8. The highest BCUT2D eigenvalue weighted by Crippen LogP contribution is 2.44. The van der Waals surface area contributed by atoms with Gasteiger partial charge in [0.25, 0.3) is 0 Å². The average molecular weight is 871 g/mol. The number of aryl methyl sites for hydroxylation is 4. The van der Waals surface area contributed by atoms with Gasteiger partial charge in [-0.3, -0.25) is 4.98 Å². The van der Waals surface area contributed by atoms with Crippen LogP contribution in [0.3, 0.4) is 0 Å². The van der Waals surface area contributed by atoms with Crippen molar-refractivity contribution in [1.29, 1.82) is 5.26 Å². The van der Waals surface area contributed by atoms with Gasteiger partial charge in [-0.2, -0.15) is 5.26 Å². The van der Waals surface area contributed by atoms with Crippen LogP contribution in [-0.4, -0.2) is 14.1 Å². The lowest BCUT2D eigenvalue weighted by Crippen LogP contribution is -2.05. The topological polar surface area (TPSA) is 46.5 Å². The number of hydrogen-bond acceptors (Lipinski definition) is 2. The molecule has 0 saturated heterocycles. The molecule has 0 aliphatic heterocycles. The molecule has 68 heavy (non-hydrogen) atoms. The smallest absolute Gasteiger partial charge is 0.104 e. The molecule has 0 atom stereocenters. The van der Waals surface area contributed by atoms with Gasteiger partial charge >= 0.3 is 0 Å². The zero-order valence-electron chi connectivity index (χ0n) is 38.4. The lowest BCUT2D eigenvalue weighted by Gasteiger charge is -2.19. The van der Waals surface area contributed by atoms with Gasteiger partial charge in [0.2, 0.25) is 0 Å². The van der Waals surface area contributed by atoms with E-state index in [-0.39, 0.29) is 0 Å². The maximum atomic E-state index is 11.8. The zero-order valence-corrected chi connectivity index (χ0v) is 38.4. The van der Waals surface area contributed by atoms with Crippen molar-refractivity contribution in [1.82, 2.24) is 14.1 Å². The first-order valence-electron chi connectivity index (χ1n) is 23.2. The van der Waals surface area contributed by atoms with E-state index in [0.717, 1.165) is 88.4 Å². The molecule has 0 N–H and O–H groups in total. The maximum Gasteiger partial charge on any atom is 0.104 e. The van der Waals surface area contributed by atoms with Crippen LogP contribution in [0, 0.1) is 39.0 Å². The summed E-state index contributed by atoms with van der Waals surface area (Å²) >= 11 is 0. The van der Waals surface area contributed by atoms with Crippen molar-refractivity contribution >= 4 is 43.6 Å². The van der Waals surface area contributed by atoms with Crippen molar-refractivity contribution in [3.63, 3.8) is 0 Å². The fourth-order valence-corrected chi connectivity index (χ4v) is 10.6. The van der Waals surface area contributed by atoms with Crippen LogP contribution in [0.1, 0.15) is 27.8 Å². The Balaban J connectivity index is 1.18. The number of pyridine rings is 1. The van der Waals surface area contributed by atoms with Crippen molar-refractivity contribution in [3.05, 3.63) is 234 Å². The van der Waals surface area contributed by atoms with Gasteiger partial charge in [0.15, 0.2) is 0 Å². The Labute approximate surface area is 396 Å². The number of nitriles is 1.